The van der Waals surface area contributed by atoms with Gasteiger partial charge in [-0.25, -0.2) is 4.79 Å². The molecule has 0 aliphatic carbocycles. The molecule has 16 heavy (non-hydrogen) atoms. The molecule has 1 fully saturated rings. The van der Waals surface area contributed by atoms with Crippen LogP contribution in [0.1, 0.15) is 26.7 Å². The molecular weight excluding hydrogens is 208 g/mol. The Labute approximate surface area is 96.8 Å². The highest BCUT2D eigenvalue weighted by molar-refractivity contribution is 5.73. The second-order valence-corrected chi connectivity index (χ2v) is 4.79. The van der Waals surface area contributed by atoms with Crippen molar-refractivity contribution in [3.8, 4) is 0 Å². The molecule has 1 heterocycles. The molecule has 1 aliphatic heterocycles. The van der Waals surface area contributed by atoms with Gasteiger partial charge < -0.3 is 20.1 Å². The smallest absolute Gasteiger partial charge is 0.317 e. The SMILES string of the molecule is CC(O)CN(C)C(=O)NCC1(C)CCCO1. The van der Waals surface area contributed by atoms with Crippen molar-refractivity contribution in [2.24, 2.45) is 0 Å². The average Bonchev–Trinajstić information content (AvgIpc) is 2.61. The normalized spacial score (nSPS) is 26.5. The number of urea groups is 1. The Hall–Kier alpha value is -0.810. The van der Waals surface area contributed by atoms with Gasteiger partial charge in [0.25, 0.3) is 0 Å². The van der Waals surface area contributed by atoms with Gasteiger partial charge in [-0.1, -0.05) is 0 Å². The number of carbonyl (C=O) groups is 1. The monoisotopic (exact) mass is 230 g/mol. The molecule has 2 atom stereocenters. The minimum atomic E-state index is -0.505. The molecule has 5 nitrogen and oxygen atoms in total. The quantitative estimate of drug-likeness (QED) is 0.742. The number of nitrogens with one attached hydrogen (secondary N) is 1. The third kappa shape index (κ3) is 3.98. The van der Waals surface area contributed by atoms with Crippen LogP contribution in [0.15, 0.2) is 0 Å². The number of likely N-dealkylation sites (N-methyl/N-ethyl adjacent to an activating group) is 1. The summed E-state index contributed by atoms with van der Waals surface area (Å²) < 4.78 is 5.57. The van der Waals surface area contributed by atoms with E-state index >= 15 is 0 Å². The number of hydrogen-bond acceptors (Lipinski definition) is 3. The van der Waals surface area contributed by atoms with E-state index in [1.165, 1.54) is 4.90 Å². The fourth-order valence-corrected chi connectivity index (χ4v) is 1.85. The third-order valence-corrected chi connectivity index (χ3v) is 2.80. The summed E-state index contributed by atoms with van der Waals surface area (Å²) in [7, 11) is 1.67. The van der Waals surface area contributed by atoms with Crippen molar-refractivity contribution in [2.75, 3.05) is 26.7 Å². The summed E-state index contributed by atoms with van der Waals surface area (Å²) in [6.07, 6.45) is 1.53. The van der Waals surface area contributed by atoms with Gasteiger partial charge in [0.15, 0.2) is 0 Å². The van der Waals surface area contributed by atoms with E-state index in [1.54, 1.807) is 14.0 Å². The predicted molar refractivity (Wildman–Crippen MR) is 61.3 cm³/mol. The molecule has 2 unspecified atom stereocenters. The zero-order chi connectivity index (χ0) is 12.2. The summed E-state index contributed by atoms with van der Waals surface area (Å²) in [5.41, 5.74) is -0.221. The summed E-state index contributed by atoms with van der Waals surface area (Å²) in [6, 6.07) is -0.169. The first-order valence-corrected chi connectivity index (χ1v) is 5.74. The number of aliphatic hydroxyl groups excluding tert-OH is 1. The Kier molecular flexibility index (Phi) is 4.56. The number of nitrogens with zero attached hydrogens (tertiary/aromatic N) is 1. The molecule has 0 aromatic heterocycles. The van der Waals surface area contributed by atoms with Crippen molar-refractivity contribution in [1.82, 2.24) is 10.2 Å². The summed E-state index contributed by atoms with van der Waals surface area (Å²) in [5, 5.41) is 12.0. The van der Waals surface area contributed by atoms with Crippen molar-refractivity contribution < 1.29 is 14.6 Å². The number of hydrogen-bond donors (Lipinski definition) is 2. The van der Waals surface area contributed by atoms with Gasteiger partial charge in [-0.2, -0.15) is 0 Å². The van der Waals surface area contributed by atoms with Gasteiger partial charge in [-0.15, -0.1) is 0 Å². The van der Waals surface area contributed by atoms with Crippen LogP contribution >= 0.6 is 0 Å². The van der Waals surface area contributed by atoms with E-state index in [2.05, 4.69) is 5.32 Å². The lowest BCUT2D eigenvalue weighted by Crippen LogP contribution is -2.46. The molecule has 94 valence electrons. The van der Waals surface area contributed by atoms with Crippen LogP contribution in [0.2, 0.25) is 0 Å². The molecule has 1 saturated heterocycles. The molecule has 1 rings (SSSR count). The van der Waals surface area contributed by atoms with Crippen LogP contribution in [0.4, 0.5) is 4.79 Å². The fraction of sp³-hybridized carbons (Fsp3) is 0.909. The van der Waals surface area contributed by atoms with E-state index in [1.807, 2.05) is 6.92 Å². The average molecular weight is 230 g/mol. The van der Waals surface area contributed by atoms with Crippen molar-refractivity contribution in [3.63, 3.8) is 0 Å². The van der Waals surface area contributed by atoms with E-state index < -0.39 is 6.10 Å². The molecular formula is C11H22N2O3. The molecule has 0 saturated carbocycles. The van der Waals surface area contributed by atoms with Gasteiger partial charge >= 0.3 is 6.03 Å². The number of amides is 2. The van der Waals surface area contributed by atoms with Crippen LogP contribution < -0.4 is 5.32 Å². The first-order valence-electron chi connectivity index (χ1n) is 5.74. The van der Waals surface area contributed by atoms with E-state index in [4.69, 9.17) is 9.84 Å². The van der Waals surface area contributed by atoms with Crippen LogP contribution in [-0.4, -0.2) is 54.5 Å². The van der Waals surface area contributed by atoms with E-state index in [9.17, 15) is 4.79 Å². The van der Waals surface area contributed by atoms with Crippen LogP contribution in [0, 0.1) is 0 Å². The first-order chi connectivity index (χ1) is 7.43. The van der Waals surface area contributed by atoms with Crippen molar-refractivity contribution in [1.29, 1.82) is 0 Å². The first kappa shape index (κ1) is 13.3. The van der Waals surface area contributed by atoms with Gasteiger partial charge in [-0.3, -0.25) is 0 Å². The van der Waals surface area contributed by atoms with E-state index in [0.29, 0.717) is 13.1 Å². The maximum atomic E-state index is 11.6. The summed E-state index contributed by atoms with van der Waals surface area (Å²) in [6.45, 7) is 5.30. The minimum Gasteiger partial charge on any atom is -0.392 e. The molecule has 1 aliphatic rings. The highest BCUT2D eigenvalue weighted by Gasteiger charge is 2.30. The molecule has 2 amide bonds. The van der Waals surface area contributed by atoms with Crippen molar-refractivity contribution in [2.45, 2.75) is 38.4 Å². The van der Waals surface area contributed by atoms with Gasteiger partial charge in [-0.05, 0) is 26.7 Å². The van der Waals surface area contributed by atoms with Gasteiger partial charge in [0.2, 0.25) is 0 Å². The number of rotatable bonds is 4. The summed E-state index contributed by atoms with van der Waals surface area (Å²) in [4.78, 5) is 13.1. The lowest BCUT2D eigenvalue weighted by Gasteiger charge is -2.26. The van der Waals surface area contributed by atoms with Crippen LogP contribution in [0.5, 0.6) is 0 Å². The third-order valence-electron chi connectivity index (χ3n) is 2.80. The Morgan fingerprint density at radius 2 is 2.38 bits per heavy atom. The molecule has 0 aromatic rings. The Bertz CT molecular complexity index is 237. The van der Waals surface area contributed by atoms with Gasteiger partial charge in [0.05, 0.1) is 11.7 Å². The maximum absolute atomic E-state index is 11.6. The molecule has 0 spiro atoms. The lowest BCUT2D eigenvalue weighted by atomic mass is 10.0. The molecule has 0 radical (unpaired) electrons. The zero-order valence-corrected chi connectivity index (χ0v) is 10.3. The summed E-state index contributed by atoms with van der Waals surface area (Å²) in [5.74, 6) is 0. The van der Waals surface area contributed by atoms with Crippen LogP contribution in [0.25, 0.3) is 0 Å². The Morgan fingerprint density at radius 3 is 2.88 bits per heavy atom. The minimum absolute atomic E-state index is 0.169. The van der Waals surface area contributed by atoms with Crippen LogP contribution in [0.3, 0.4) is 0 Å². The largest absolute Gasteiger partial charge is 0.392 e. The maximum Gasteiger partial charge on any atom is 0.317 e. The standard InChI is InChI=1S/C11H22N2O3/c1-9(14)7-13(3)10(15)12-8-11(2)5-4-6-16-11/h9,14H,4-8H2,1-3H3,(H,12,15). The van der Waals surface area contributed by atoms with E-state index in [-0.39, 0.29) is 11.6 Å². The summed E-state index contributed by atoms with van der Waals surface area (Å²) >= 11 is 0. The highest BCUT2D eigenvalue weighted by Crippen LogP contribution is 2.23. The van der Waals surface area contributed by atoms with Crippen LogP contribution in [-0.2, 0) is 4.74 Å². The Balaban J connectivity index is 2.28. The molecule has 0 aromatic carbocycles. The highest BCUT2D eigenvalue weighted by atomic mass is 16.5. The van der Waals surface area contributed by atoms with Crippen molar-refractivity contribution in [3.05, 3.63) is 0 Å². The topological polar surface area (TPSA) is 61.8 Å². The number of aliphatic hydroxyl groups is 1. The van der Waals surface area contributed by atoms with Crippen molar-refractivity contribution >= 4 is 6.03 Å². The molecule has 0 bridgehead atoms. The van der Waals surface area contributed by atoms with Gasteiger partial charge in [0.1, 0.15) is 0 Å². The second kappa shape index (κ2) is 5.50. The molecule has 5 heteroatoms. The predicted octanol–water partition coefficient (Wildman–Crippen LogP) is 0.578. The second-order valence-electron chi connectivity index (χ2n) is 4.79. The van der Waals surface area contributed by atoms with Gasteiger partial charge in [0, 0.05) is 26.7 Å². The Morgan fingerprint density at radius 1 is 1.69 bits per heavy atom. The fourth-order valence-electron chi connectivity index (χ4n) is 1.85. The number of ether oxygens (including phenoxy) is 1. The molecule has 2 N–H and O–H groups in total. The number of carbonyl (C=O) groups excluding carboxylic acids is 1. The van der Waals surface area contributed by atoms with E-state index in [0.717, 1.165) is 19.4 Å². The lowest BCUT2D eigenvalue weighted by molar-refractivity contribution is 0.0218. The zero-order valence-electron chi connectivity index (χ0n) is 10.3.